The SMILES string of the molecule is C[C@@H](C(=O)O)N1CCO[C@@H](c2ccsc2)C1. The summed E-state index contributed by atoms with van der Waals surface area (Å²) in [6.07, 6.45) is 0.0156. The van der Waals surface area contributed by atoms with Crippen molar-refractivity contribution in [3.8, 4) is 0 Å². The molecule has 0 saturated carbocycles. The zero-order valence-electron chi connectivity index (χ0n) is 9.13. The Morgan fingerprint density at radius 1 is 1.75 bits per heavy atom. The lowest BCUT2D eigenvalue weighted by Crippen LogP contribution is -2.46. The molecule has 0 aromatic carbocycles. The topological polar surface area (TPSA) is 49.8 Å². The molecule has 0 bridgehead atoms. The van der Waals surface area contributed by atoms with Gasteiger partial charge in [0.05, 0.1) is 12.7 Å². The Hall–Kier alpha value is -0.910. The van der Waals surface area contributed by atoms with Crippen LogP contribution in [-0.2, 0) is 9.53 Å². The molecule has 1 aliphatic heterocycles. The molecule has 0 amide bonds. The molecule has 2 rings (SSSR count). The summed E-state index contributed by atoms with van der Waals surface area (Å²) in [5.74, 6) is -0.772. The lowest BCUT2D eigenvalue weighted by atomic mass is 10.1. The van der Waals surface area contributed by atoms with E-state index in [1.807, 2.05) is 16.3 Å². The summed E-state index contributed by atoms with van der Waals surface area (Å²) in [6.45, 7) is 3.66. The summed E-state index contributed by atoms with van der Waals surface area (Å²) >= 11 is 1.63. The Morgan fingerprint density at radius 2 is 2.56 bits per heavy atom. The van der Waals surface area contributed by atoms with Crippen molar-refractivity contribution in [1.29, 1.82) is 0 Å². The molecule has 1 aromatic rings. The summed E-state index contributed by atoms with van der Waals surface area (Å²) in [4.78, 5) is 12.9. The predicted octanol–water partition coefficient (Wildman–Crippen LogP) is 1.59. The van der Waals surface area contributed by atoms with E-state index < -0.39 is 12.0 Å². The molecule has 16 heavy (non-hydrogen) atoms. The van der Waals surface area contributed by atoms with Crippen LogP contribution in [0.5, 0.6) is 0 Å². The van der Waals surface area contributed by atoms with E-state index in [0.717, 1.165) is 5.56 Å². The van der Waals surface area contributed by atoms with Gasteiger partial charge in [-0.05, 0) is 29.3 Å². The molecular weight excluding hydrogens is 226 g/mol. The quantitative estimate of drug-likeness (QED) is 0.873. The van der Waals surface area contributed by atoms with Gasteiger partial charge in [-0.1, -0.05) is 0 Å². The standard InChI is InChI=1S/C11H15NO3S/c1-8(11(13)14)12-3-4-15-10(6-12)9-2-5-16-7-9/h2,5,7-8,10H,3-4,6H2,1H3,(H,13,14)/t8-,10+/m0/s1. The first-order valence-electron chi connectivity index (χ1n) is 5.29. The third-order valence-corrected chi connectivity index (χ3v) is 3.62. The zero-order chi connectivity index (χ0) is 11.5. The fourth-order valence-electron chi connectivity index (χ4n) is 1.84. The summed E-state index contributed by atoms with van der Waals surface area (Å²) in [7, 11) is 0. The minimum Gasteiger partial charge on any atom is -0.480 e. The highest BCUT2D eigenvalue weighted by atomic mass is 32.1. The van der Waals surface area contributed by atoms with Gasteiger partial charge in [0.15, 0.2) is 0 Å². The molecule has 0 spiro atoms. The molecule has 1 fully saturated rings. The summed E-state index contributed by atoms with van der Waals surface area (Å²) in [5, 5.41) is 13.0. The number of ether oxygens (including phenoxy) is 1. The van der Waals surface area contributed by atoms with Gasteiger partial charge in [-0.3, -0.25) is 9.69 Å². The number of hydrogen-bond donors (Lipinski definition) is 1. The number of nitrogens with zero attached hydrogens (tertiary/aromatic N) is 1. The number of rotatable bonds is 3. The fraction of sp³-hybridized carbons (Fsp3) is 0.545. The number of carboxylic acid groups (broad SMARTS) is 1. The van der Waals surface area contributed by atoms with Crippen molar-refractivity contribution in [2.75, 3.05) is 19.7 Å². The molecular formula is C11H15NO3S. The van der Waals surface area contributed by atoms with Gasteiger partial charge in [-0.2, -0.15) is 11.3 Å². The largest absolute Gasteiger partial charge is 0.480 e. The Morgan fingerprint density at radius 3 is 3.19 bits per heavy atom. The molecule has 1 saturated heterocycles. The van der Waals surface area contributed by atoms with Crippen LogP contribution in [-0.4, -0.2) is 41.7 Å². The van der Waals surface area contributed by atoms with Gasteiger partial charge < -0.3 is 9.84 Å². The maximum Gasteiger partial charge on any atom is 0.320 e. The smallest absolute Gasteiger partial charge is 0.320 e. The highest BCUT2D eigenvalue weighted by molar-refractivity contribution is 7.07. The van der Waals surface area contributed by atoms with Gasteiger partial charge in [0, 0.05) is 13.1 Å². The number of hydrogen-bond acceptors (Lipinski definition) is 4. The normalized spacial score (nSPS) is 24.2. The number of morpholine rings is 1. The van der Waals surface area contributed by atoms with Gasteiger partial charge in [0.1, 0.15) is 6.04 Å². The van der Waals surface area contributed by atoms with E-state index in [1.165, 1.54) is 0 Å². The lowest BCUT2D eigenvalue weighted by molar-refractivity contribution is -0.145. The van der Waals surface area contributed by atoms with Crippen LogP contribution >= 0.6 is 11.3 Å². The first kappa shape index (κ1) is 11.6. The van der Waals surface area contributed by atoms with Crippen molar-refractivity contribution in [2.24, 2.45) is 0 Å². The van der Waals surface area contributed by atoms with Crippen molar-refractivity contribution in [2.45, 2.75) is 19.1 Å². The monoisotopic (exact) mass is 241 g/mol. The Balaban J connectivity index is 2.02. The van der Waals surface area contributed by atoms with E-state index in [-0.39, 0.29) is 6.10 Å². The van der Waals surface area contributed by atoms with Crippen LogP contribution in [0.4, 0.5) is 0 Å². The van der Waals surface area contributed by atoms with Gasteiger partial charge in [-0.15, -0.1) is 0 Å². The zero-order valence-corrected chi connectivity index (χ0v) is 9.94. The van der Waals surface area contributed by atoms with E-state index >= 15 is 0 Å². The van der Waals surface area contributed by atoms with E-state index in [4.69, 9.17) is 9.84 Å². The third kappa shape index (κ3) is 2.42. The lowest BCUT2D eigenvalue weighted by Gasteiger charge is -2.34. The van der Waals surface area contributed by atoms with Crippen LogP contribution in [0.3, 0.4) is 0 Å². The van der Waals surface area contributed by atoms with Crippen LogP contribution in [0.25, 0.3) is 0 Å². The van der Waals surface area contributed by atoms with Gasteiger partial charge in [-0.25, -0.2) is 0 Å². The summed E-state index contributed by atoms with van der Waals surface area (Å²) < 4.78 is 5.65. The Labute approximate surface area is 98.4 Å². The number of aliphatic carboxylic acids is 1. The van der Waals surface area contributed by atoms with Crippen LogP contribution in [0.1, 0.15) is 18.6 Å². The highest BCUT2D eigenvalue weighted by Crippen LogP contribution is 2.24. The van der Waals surface area contributed by atoms with Crippen LogP contribution in [0, 0.1) is 0 Å². The van der Waals surface area contributed by atoms with Gasteiger partial charge in [0.2, 0.25) is 0 Å². The van der Waals surface area contributed by atoms with Crippen molar-refractivity contribution < 1.29 is 14.6 Å². The molecule has 0 unspecified atom stereocenters. The molecule has 88 valence electrons. The molecule has 2 heterocycles. The molecule has 0 aliphatic carbocycles. The minimum atomic E-state index is -0.772. The molecule has 1 N–H and O–H groups in total. The number of carboxylic acids is 1. The summed E-state index contributed by atoms with van der Waals surface area (Å²) in [6, 6.07) is 1.59. The van der Waals surface area contributed by atoms with E-state index in [2.05, 4.69) is 5.38 Å². The van der Waals surface area contributed by atoms with E-state index in [0.29, 0.717) is 19.7 Å². The van der Waals surface area contributed by atoms with E-state index in [1.54, 1.807) is 18.3 Å². The molecule has 4 nitrogen and oxygen atoms in total. The number of carbonyl (C=O) groups is 1. The maximum atomic E-state index is 10.9. The molecule has 2 atom stereocenters. The molecule has 0 radical (unpaired) electrons. The predicted molar refractivity (Wildman–Crippen MR) is 61.7 cm³/mol. The minimum absolute atomic E-state index is 0.0156. The van der Waals surface area contributed by atoms with Crippen molar-refractivity contribution in [1.82, 2.24) is 4.90 Å². The van der Waals surface area contributed by atoms with Crippen LogP contribution in [0.2, 0.25) is 0 Å². The Kier molecular flexibility index (Phi) is 3.58. The second-order valence-electron chi connectivity index (χ2n) is 3.93. The average molecular weight is 241 g/mol. The van der Waals surface area contributed by atoms with Crippen molar-refractivity contribution in [3.63, 3.8) is 0 Å². The third-order valence-electron chi connectivity index (χ3n) is 2.92. The van der Waals surface area contributed by atoms with Crippen molar-refractivity contribution in [3.05, 3.63) is 22.4 Å². The molecule has 5 heteroatoms. The molecule has 1 aliphatic rings. The first-order valence-corrected chi connectivity index (χ1v) is 6.23. The highest BCUT2D eigenvalue weighted by Gasteiger charge is 2.28. The average Bonchev–Trinajstić information content (AvgIpc) is 2.81. The van der Waals surface area contributed by atoms with Crippen molar-refractivity contribution >= 4 is 17.3 Å². The van der Waals surface area contributed by atoms with Gasteiger partial charge >= 0.3 is 5.97 Å². The molecule has 1 aromatic heterocycles. The summed E-state index contributed by atoms with van der Waals surface area (Å²) in [5.41, 5.74) is 1.15. The Bertz CT molecular complexity index is 352. The maximum absolute atomic E-state index is 10.9. The number of thiophene rings is 1. The fourth-order valence-corrected chi connectivity index (χ4v) is 2.54. The van der Waals surface area contributed by atoms with Gasteiger partial charge in [0.25, 0.3) is 0 Å². The van der Waals surface area contributed by atoms with Crippen LogP contribution < -0.4 is 0 Å². The van der Waals surface area contributed by atoms with Crippen LogP contribution in [0.15, 0.2) is 16.8 Å². The van der Waals surface area contributed by atoms with E-state index in [9.17, 15) is 4.79 Å². The second kappa shape index (κ2) is 4.95. The second-order valence-corrected chi connectivity index (χ2v) is 4.71. The first-order chi connectivity index (χ1) is 7.68.